The van der Waals surface area contributed by atoms with Crippen LogP contribution in [-0.4, -0.2) is 21.6 Å². The molecule has 0 fully saturated rings. The molecule has 18 heavy (non-hydrogen) atoms. The number of hydrogen-bond donors (Lipinski definition) is 2. The standard InChI is InChI=1S/C13H15N3O2/c1-2-14-13-15-7-6-12(16-13)18-11-5-3-4-10(8-11)9-17/h3-8,17H,2,9H2,1H3,(H,14,15,16). The maximum Gasteiger partial charge on any atom is 0.225 e. The second-order valence-corrected chi connectivity index (χ2v) is 3.66. The minimum atomic E-state index is -0.0103. The third-order valence-corrected chi connectivity index (χ3v) is 2.27. The lowest BCUT2D eigenvalue weighted by Gasteiger charge is -2.07. The molecule has 5 nitrogen and oxygen atoms in total. The van der Waals surface area contributed by atoms with Crippen LogP contribution >= 0.6 is 0 Å². The largest absolute Gasteiger partial charge is 0.439 e. The van der Waals surface area contributed by atoms with Crippen LogP contribution < -0.4 is 10.1 Å². The van der Waals surface area contributed by atoms with Crippen LogP contribution in [0.3, 0.4) is 0 Å². The van der Waals surface area contributed by atoms with Crippen LogP contribution in [0.5, 0.6) is 11.6 Å². The van der Waals surface area contributed by atoms with Crippen LogP contribution in [0.15, 0.2) is 36.5 Å². The van der Waals surface area contributed by atoms with E-state index in [1.807, 2.05) is 25.1 Å². The van der Waals surface area contributed by atoms with E-state index in [1.54, 1.807) is 18.3 Å². The van der Waals surface area contributed by atoms with E-state index in [2.05, 4.69) is 15.3 Å². The number of aromatic nitrogens is 2. The number of ether oxygens (including phenoxy) is 1. The van der Waals surface area contributed by atoms with Crippen LogP contribution in [0.4, 0.5) is 5.95 Å². The van der Waals surface area contributed by atoms with Crippen molar-refractivity contribution in [1.29, 1.82) is 0 Å². The third-order valence-electron chi connectivity index (χ3n) is 2.27. The maximum absolute atomic E-state index is 9.05. The molecule has 1 aromatic heterocycles. The van der Waals surface area contributed by atoms with Gasteiger partial charge in [0.25, 0.3) is 0 Å². The summed E-state index contributed by atoms with van der Waals surface area (Å²) in [5.41, 5.74) is 0.800. The highest BCUT2D eigenvalue weighted by Gasteiger charge is 2.01. The highest BCUT2D eigenvalue weighted by Crippen LogP contribution is 2.20. The molecule has 5 heteroatoms. The molecule has 0 spiro atoms. The van der Waals surface area contributed by atoms with E-state index in [-0.39, 0.29) is 6.61 Å². The zero-order valence-corrected chi connectivity index (χ0v) is 10.1. The number of benzene rings is 1. The molecule has 94 valence electrons. The lowest BCUT2D eigenvalue weighted by molar-refractivity contribution is 0.281. The molecule has 0 aliphatic carbocycles. The first-order chi connectivity index (χ1) is 8.81. The Hall–Kier alpha value is -2.14. The van der Waals surface area contributed by atoms with Crippen LogP contribution in [0.25, 0.3) is 0 Å². The Bertz CT molecular complexity index is 517. The summed E-state index contributed by atoms with van der Waals surface area (Å²) in [6, 6.07) is 8.93. The van der Waals surface area contributed by atoms with Crippen molar-refractivity contribution >= 4 is 5.95 Å². The van der Waals surface area contributed by atoms with Crippen molar-refractivity contribution in [2.24, 2.45) is 0 Å². The van der Waals surface area contributed by atoms with Gasteiger partial charge in [0.2, 0.25) is 11.8 Å². The second kappa shape index (κ2) is 5.97. The molecule has 1 heterocycles. The smallest absolute Gasteiger partial charge is 0.225 e. The number of aliphatic hydroxyl groups excluding tert-OH is 1. The van der Waals surface area contributed by atoms with E-state index in [0.717, 1.165) is 12.1 Å². The van der Waals surface area contributed by atoms with Gasteiger partial charge in [0.1, 0.15) is 5.75 Å². The van der Waals surface area contributed by atoms with Crippen molar-refractivity contribution in [1.82, 2.24) is 9.97 Å². The Balaban J connectivity index is 2.14. The topological polar surface area (TPSA) is 67.3 Å². The van der Waals surface area contributed by atoms with Crippen molar-refractivity contribution in [2.45, 2.75) is 13.5 Å². The molecule has 2 aromatic rings. The zero-order chi connectivity index (χ0) is 12.8. The molecule has 1 aromatic carbocycles. The predicted octanol–water partition coefficient (Wildman–Crippen LogP) is 2.19. The van der Waals surface area contributed by atoms with Crippen molar-refractivity contribution < 1.29 is 9.84 Å². The van der Waals surface area contributed by atoms with E-state index in [9.17, 15) is 0 Å². The normalized spacial score (nSPS) is 10.1. The average molecular weight is 245 g/mol. The van der Waals surface area contributed by atoms with Crippen molar-refractivity contribution in [2.75, 3.05) is 11.9 Å². The fourth-order valence-electron chi connectivity index (χ4n) is 1.47. The molecule has 2 N–H and O–H groups in total. The average Bonchev–Trinajstić information content (AvgIpc) is 2.40. The summed E-state index contributed by atoms with van der Waals surface area (Å²) < 4.78 is 5.61. The van der Waals surface area contributed by atoms with Gasteiger partial charge in [-0.15, -0.1) is 0 Å². The lowest BCUT2D eigenvalue weighted by Crippen LogP contribution is -2.02. The molecule has 0 amide bonds. The molecule has 0 atom stereocenters. The number of nitrogens with zero attached hydrogens (tertiary/aromatic N) is 2. The lowest BCUT2D eigenvalue weighted by atomic mass is 10.2. The van der Waals surface area contributed by atoms with Gasteiger partial charge in [0.05, 0.1) is 6.61 Å². The molecule has 0 unspecified atom stereocenters. The molecule has 0 bridgehead atoms. The SMILES string of the molecule is CCNc1nccc(Oc2cccc(CO)c2)n1. The summed E-state index contributed by atoms with van der Waals surface area (Å²) in [5.74, 6) is 1.65. The van der Waals surface area contributed by atoms with Gasteiger partial charge in [-0.25, -0.2) is 4.98 Å². The molecule has 0 aliphatic rings. The Morgan fingerprint density at radius 3 is 3.00 bits per heavy atom. The highest BCUT2D eigenvalue weighted by atomic mass is 16.5. The predicted molar refractivity (Wildman–Crippen MR) is 68.6 cm³/mol. The minimum absolute atomic E-state index is 0.0103. The summed E-state index contributed by atoms with van der Waals surface area (Å²) in [7, 11) is 0. The Morgan fingerprint density at radius 1 is 1.33 bits per heavy atom. The number of nitrogens with one attached hydrogen (secondary N) is 1. The van der Waals surface area contributed by atoms with Crippen molar-refractivity contribution in [3.8, 4) is 11.6 Å². The minimum Gasteiger partial charge on any atom is -0.439 e. The molecule has 2 rings (SSSR count). The number of rotatable bonds is 5. The van der Waals surface area contributed by atoms with E-state index in [4.69, 9.17) is 9.84 Å². The van der Waals surface area contributed by atoms with Crippen molar-refractivity contribution in [3.63, 3.8) is 0 Å². The van der Waals surface area contributed by atoms with Crippen molar-refractivity contribution in [3.05, 3.63) is 42.1 Å². The summed E-state index contributed by atoms with van der Waals surface area (Å²) in [6.45, 7) is 2.72. The summed E-state index contributed by atoms with van der Waals surface area (Å²) in [6.07, 6.45) is 1.64. The monoisotopic (exact) mass is 245 g/mol. The van der Waals surface area contributed by atoms with E-state index in [0.29, 0.717) is 17.6 Å². The van der Waals surface area contributed by atoms with Crippen LogP contribution in [0, 0.1) is 0 Å². The van der Waals surface area contributed by atoms with Gasteiger partial charge in [-0.05, 0) is 24.6 Å². The molecule has 0 saturated heterocycles. The van der Waals surface area contributed by atoms with Crippen LogP contribution in [0.1, 0.15) is 12.5 Å². The summed E-state index contributed by atoms with van der Waals surface area (Å²) in [5, 5.41) is 12.1. The van der Waals surface area contributed by atoms with Gasteiger partial charge in [-0.1, -0.05) is 12.1 Å². The fourth-order valence-corrected chi connectivity index (χ4v) is 1.47. The Labute approximate surface area is 105 Å². The first-order valence-electron chi connectivity index (χ1n) is 5.76. The van der Waals surface area contributed by atoms with Gasteiger partial charge in [0, 0.05) is 18.8 Å². The quantitative estimate of drug-likeness (QED) is 0.845. The molecule has 0 radical (unpaired) electrons. The summed E-state index contributed by atoms with van der Waals surface area (Å²) >= 11 is 0. The first kappa shape index (κ1) is 12.3. The number of anilines is 1. The molecular weight excluding hydrogens is 230 g/mol. The van der Waals surface area contributed by atoms with Gasteiger partial charge < -0.3 is 15.2 Å². The maximum atomic E-state index is 9.05. The Morgan fingerprint density at radius 2 is 2.22 bits per heavy atom. The van der Waals surface area contributed by atoms with Crippen LogP contribution in [0.2, 0.25) is 0 Å². The molecule has 0 aliphatic heterocycles. The third kappa shape index (κ3) is 3.18. The molecular formula is C13H15N3O2. The fraction of sp³-hybridized carbons (Fsp3) is 0.231. The molecule has 0 saturated carbocycles. The van der Waals surface area contributed by atoms with Gasteiger partial charge in [-0.3, -0.25) is 0 Å². The Kier molecular flexibility index (Phi) is 4.09. The first-order valence-corrected chi connectivity index (χ1v) is 5.76. The van der Waals surface area contributed by atoms with Gasteiger partial charge >= 0.3 is 0 Å². The van der Waals surface area contributed by atoms with Crippen LogP contribution in [-0.2, 0) is 6.61 Å². The van der Waals surface area contributed by atoms with Gasteiger partial charge in [-0.2, -0.15) is 4.98 Å². The van der Waals surface area contributed by atoms with E-state index < -0.39 is 0 Å². The van der Waals surface area contributed by atoms with Gasteiger partial charge in [0.15, 0.2) is 0 Å². The van der Waals surface area contributed by atoms with E-state index in [1.165, 1.54) is 0 Å². The summed E-state index contributed by atoms with van der Waals surface area (Å²) in [4.78, 5) is 8.27. The number of aliphatic hydroxyl groups is 1. The second-order valence-electron chi connectivity index (χ2n) is 3.66. The zero-order valence-electron chi connectivity index (χ0n) is 10.1. The number of hydrogen-bond acceptors (Lipinski definition) is 5. The van der Waals surface area contributed by atoms with E-state index >= 15 is 0 Å². The highest BCUT2D eigenvalue weighted by molar-refractivity contribution is 5.33.